The van der Waals surface area contributed by atoms with Crippen molar-refractivity contribution in [3.05, 3.63) is 126 Å². The van der Waals surface area contributed by atoms with Crippen molar-refractivity contribution in [2.75, 3.05) is 19.0 Å². The first-order valence-corrected chi connectivity index (χ1v) is 11.1. The number of allylic oxidation sites excluding steroid dienone is 2. The van der Waals surface area contributed by atoms with Gasteiger partial charge in [0.25, 0.3) is 11.8 Å². The summed E-state index contributed by atoms with van der Waals surface area (Å²) in [7, 11) is -1.00. The smallest absolute Gasteiger partial charge is 0.587 e. The average Bonchev–Trinajstić information content (AvgIpc) is 3.32. The minimum absolute atomic E-state index is 0. The monoisotopic (exact) mass is 579 g/mol. The normalized spacial score (nSPS) is 12.4. The predicted molar refractivity (Wildman–Crippen MR) is 140 cm³/mol. The van der Waals surface area contributed by atoms with Crippen molar-refractivity contribution < 1.29 is 76.3 Å². The molecule has 0 saturated heterocycles. The predicted octanol–water partition coefficient (Wildman–Crippen LogP) is 3.09. The Kier molecular flexibility index (Phi) is 15.2. The van der Waals surface area contributed by atoms with E-state index in [0.717, 1.165) is 10.9 Å². The molecule has 2 aliphatic rings. The molecule has 0 radical (unpaired) electrons. The van der Waals surface area contributed by atoms with E-state index in [4.69, 9.17) is 1.37 Å². The van der Waals surface area contributed by atoms with Crippen LogP contribution in [0.4, 0.5) is 4.39 Å². The molecule has 2 aromatic rings. The molecule has 6 nitrogen and oxygen atoms in total. The fraction of sp³-hybridized carbons (Fsp3) is 0.111. The number of amides is 4. The molecule has 0 bridgehead atoms. The summed E-state index contributed by atoms with van der Waals surface area (Å²) in [5, 5.41) is 4.11. The number of fused-ring (bicyclic) bond motifs is 2. The molecular formula is C27H25BrFKN2O4. The number of nitrogens with zero attached hydrogens (tertiary/aromatic N) is 2. The summed E-state index contributed by atoms with van der Waals surface area (Å²) >= 11 is 3.20. The number of halogens is 2. The van der Waals surface area contributed by atoms with Crippen LogP contribution in [0.2, 0.25) is 0 Å². The molecule has 0 fully saturated rings. The van der Waals surface area contributed by atoms with Gasteiger partial charge < -0.3 is 14.9 Å². The Balaban J connectivity index is 0.000000537. The van der Waals surface area contributed by atoms with Crippen LogP contribution >= 0.6 is 15.9 Å². The molecule has 2 aliphatic heterocycles. The largest absolute Gasteiger partial charge is 1.00 e. The van der Waals surface area contributed by atoms with Gasteiger partial charge in [-0.05, 0) is 23.3 Å². The Morgan fingerprint density at radius 2 is 1.25 bits per heavy atom. The van der Waals surface area contributed by atoms with E-state index in [1.165, 1.54) is 4.90 Å². The number of carbonyl (C=O) groups excluding carboxylic acids is 4. The van der Waals surface area contributed by atoms with E-state index in [1.807, 2.05) is 0 Å². The summed E-state index contributed by atoms with van der Waals surface area (Å²) in [6.45, 7) is 14.6. The third-order valence-electron chi connectivity index (χ3n) is 4.58. The van der Waals surface area contributed by atoms with E-state index in [-0.39, 0.29) is 69.7 Å². The van der Waals surface area contributed by atoms with Crippen molar-refractivity contribution in [1.29, 1.82) is 0 Å². The van der Waals surface area contributed by atoms with Crippen molar-refractivity contribution in [3.63, 3.8) is 0 Å². The number of carbonyl (C=O) groups is 4. The number of benzene rings is 2. The first kappa shape index (κ1) is 31.8. The van der Waals surface area contributed by atoms with Gasteiger partial charge in [0, 0.05) is 16.5 Å². The second-order valence-corrected chi connectivity index (χ2v) is 7.43. The third kappa shape index (κ3) is 8.99. The SMILES string of the molecule is C=CC(=C)CBr.C=CC(=C)CN1C(=O)c2ccccc2C1=O.O=C1[N-]C(=O)c2ccccc21.[2H]CF.[K+]. The number of rotatable bonds is 5. The first-order valence-electron chi connectivity index (χ1n) is 10.7. The number of hydrogen-bond donors (Lipinski definition) is 0. The van der Waals surface area contributed by atoms with E-state index >= 15 is 0 Å². The number of alkyl halides is 2. The molecule has 0 saturated carbocycles. The Bertz CT molecular complexity index is 1130. The molecule has 4 amide bonds. The molecular weight excluding hydrogens is 554 g/mol. The summed E-state index contributed by atoms with van der Waals surface area (Å²) in [6, 6.07) is 13.4. The van der Waals surface area contributed by atoms with Crippen LogP contribution in [0.25, 0.3) is 5.32 Å². The Hall–Kier alpha value is -2.27. The van der Waals surface area contributed by atoms with Crippen molar-refractivity contribution >= 4 is 39.6 Å². The Morgan fingerprint density at radius 1 is 0.889 bits per heavy atom. The van der Waals surface area contributed by atoms with Gasteiger partial charge in [-0.15, -0.1) is 0 Å². The Labute approximate surface area is 263 Å². The molecule has 0 aliphatic carbocycles. The van der Waals surface area contributed by atoms with Crippen LogP contribution in [0.1, 0.15) is 42.8 Å². The first-order chi connectivity index (χ1) is 17.2. The number of imide groups is 2. The fourth-order valence-electron chi connectivity index (χ4n) is 2.77. The minimum atomic E-state index is -1.00. The summed E-state index contributed by atoms with van der Waals surface area (Å²) in [5.74, 6) is -1.37. The van der Waals surface area contributed by atoms with E-state index in [9.17, 15) is 23.6 Å². The van der Waals surface area contributed by atoms with Crippen LogP contribution in [0.3, 0.4) is 0 Å². The van der Waals surface area contributed by atoms with E-state index in [0.29, 0.717) is 27.8 Å². The van der Waals surface area contributed by atoms with Crippen LogP contribution in [-0.4, -0.2) is 47.6 Å². The van der Waals surface area contributed by atoms with Crippen LogP contribution in [-0.2, 0) is 0 Å². The van der Waals surface area contributed by atoms with Gasteiger partial charge in [0.05, 0.1) is 38.0 Å². The van der Waals surface area contributed by atoms with Gasteiger partial charge in [0.1, 0.15) is 0 Å². The van der Waals surface area contributed by atoms with Crippen LogP contribution in [0.5, 0.6) is 0 Å². The van der Waals surface area contributed by atoms with Crippen molar-refractivity contribution in [2.24, 2.45) is 0 Å². The maximum Gasteiger partial charge on any atom is 1.00 e. The second kappa shape index (κ2) is 17.2. The summed E-state index contributed by atoms with van der Waals surface area (Å²) in [6.07, 6.45) is 3.28. The molecule has 2 heterocycles. The molecule has 0 unspecified atom stereocenters. The van der Waals surface area contributed by atoms with Gasteiger partial charge >= 0.3 is 51.4 Å². The van der Waals surface area contributed by atoms with Crippen LogP contribution < -0.4 is 51.4 Å². The van der Waals surface area contributed by atoms with E-state index in [1.54, 1.807) is 60.7 Å². The molecule has 4 rings (SSSR count). The van der Waals surface area contributed by atoms with Gasteiger partial charge in [-0.2, -0.15) is 0 Å². The zero-order valence-corrected chi connectivity index (χ0v) is 24.7. The Morgan fingerprint density at radius 3 is 1.56 bits per heavy atom. The molecule has 36 heavy (non-hydrogen) atoms. The van der Waals surface area contributed by atoms with Crippen molar-refractivity contribution in [3.8, 4) is 0 Å². The zero-order chi connectivity index (χ0) is 27.3. The summed E-state index contributed by atoms with van der Waals surface area (Å²) in [4.78, 5) is 46.7. The minimum Gasteiger partial charge on any atom is -0.587 e. The molecule has 182 valence electrons. The van der Waals surface area contributed by atoms with E-state index < -0.39 is 19.0 Å². The maximum absolute atomic E-state index is 11.9. The molecule has 0 spiro atoms. The molecule has 2 aromatic carbocycles. The summed E-state index contributed by atoms with van der Waals surface area (Å²) in [5.41, 5.74) is 3.42. The average molecular weight is 581 g/mol. The maximum atomic E-state index is 11.9. The van der Waals surface area contributed by atoms with Crippen LogP contribution in [0, 0.1) is 0 Å². The molecule has 0 N–H and O–H groups in total. The van der Waals surface area contributed by atoms with Crippen molar-refractivity contribution in [1.82, 2.24) is 4.90 Å². The van der Waals surface area contributed by atoms with E-state index in [2.05, 4.69) is 47.6 Å². The van der Waals surface area contributed by atoms with Crippen LogP contribution in [0.15, 0.2) is 98.1 Å². The van der Waals surface area contributed by atoms with Gasteiger partial charge in [-0.3, -0.25) is 18.9 Å². The van der Waals surface area contributed by atoms with Gasteiger partial charge in [0.2, 0.25) is 0 Å². The third-order valence-corrected chi connectivity index (χ3v) is 5.30. The van der Waals surface area contributed by atoms with Gasteiger partial charge in [-0.25, -0.2) is 0 Å². The molecule has 0 atom stereocenters. The van der Waals surface area contributed by atoms with Gasteiger partial charge in [0.15, 0.2) is 0 Å². The zero-order valence-electron chi connectivity index (χ0n) is 21.0. The summed E-state index contributed by atoms with van der Waals surface area (Å²) < 4.78 is 15.5. The fourth-order valence-corrected chi connectivity index (χ4v) is 3.00. The standard InChI is InChI=1S/C13H11NO2.C8H5NO2.C5H7Br.CH3F.K/c1-3-9(2)8-14-12(15)10-6-4-5-7-11(10)13(14)16;10-7-5-3-1-2-4-6(5)8(11)9-7;1-3-5(2)4-6;1-2;/h3-7H,1-2,8H2;1-4H,(H,9,10,11);3H,1-2,4H2;1H3;/q;;;;+1/p-1/i;;;1D;. The second-order valence-electron chi connectivity index (χ2n) is 6.87. The number of hydrogen-bond acceptors (Lipinski definition) is 4. The topological polar surface area (TPSA) is 85.6 Å². The molecule has 0 aromatic heterocycles. The quantitative estimate of drug-likeness (QED) is 0.236. The molecule has 9 heteroatoms. The van der Waals surface area contributed by atoms with Crippen molar-refractivity contribution in [2.45, 2.75) is 0 Å². The van der Waals surface area contributed by atoms with Gasteiger partial charge in [-0.1, -0.05) is 90.8 Å².